The monoisotopic (exact) mass is 211 g/mol. The quantitative estimate of drug-likeness (QED) is 0.503. The number of aliphatic hydroxyl groups excluding tert-OH is 2. The molecule has 0 aliphatic rings. The van der Waals surface area contributed by atoms with Gasteiger partial charge in [0, 0.05) is 19.0 Å². The van der Waals surface area contributed by atoms with E-state index in [0.717, 1.165) is 11.3 Å². The summed E-state index contributed by atoms with van der Waals surface area (Å²) in [4.78, 5) is 4.25. The third-order valence-corrected chi connectivity index (χ3v) is 2.35. The lowest BCUT2D eigenvalue weighted by molar-refractivity contribution is 0.191. The highest BCUT2D eigenvalue weighted by atomic mass is 16.3. The zero-order valence-corrected chi connectivity index (χ0v) is 8.56. The van der Waals surface area contributed by atoms with Crippen LogP contribution in [0.25, 0.3) is 0 Å². The smallest absolute Gasteiger partial charge is 0.0579 e. The number of hydrogen-bond donors (Lipinski definition) is 4. The molecule has 0 saturated carbocycles. The molecule has 1 rings (SSSR count). The van der Waals surface area contributed by atoms with Gasteiger partial charge in [0.25, 0.3) is 0 Å². The van der Waals surface area contributed by atoms with Gasteiger partial charge >= 0.3 is 0 Å². The Morgan fingerprint density at radius 2 is 1.80 bits per heavy atom. The number of hydrogen-bond acceptors (Lipinski definition) is 5. The summed E-state index contributed by atoms with van der Waals surface area (Å²) in [6.45, 7) is 0.399. The highest BCUT2D eigenvalue weighted by Crippen LogP contribution is 2.18. The summed E-state index contributed by atoms with van der Waals surface area (Å²) < 4.78 is 0. The SMILES string of the molecule is NCc1ccc(C(CO)CO)c(CN)n1. The lowest BCUT2D eigenvalue weighted by atomic mass is 9.98. The fourth-order valence-corrected chi connectivity index (χ4v) is 1.46. The van der Waals surface area contributed by atoms with E-state index in [2.05, 4.69) is 4.98 Å². The maximum atomic E-state index is 9.07. The summed E-state index contributed by atoms with van der Waals surface area (Å²) in [5, 5.41) is 18.1. The summed E-state index contributed by atoms with van der Waals surface area (Å²) >= 11 is 0. The van der Waals surface area contributed by atoms with E-state index in [0.29, 0.717) is 12.2 Å². The van der Waals surface area contributed by atoms with Crippen LogP contribution in [0.2, 0.25) is 0 Å². The molecule has 5 nitrogen and oxygen atoms in total. The Hall–Kier alpha value is -1.01. The molecule has 0 amide bonds. The molecule has 5 heteroatoms. The van der Waals surface area contributed by atoms with Crippen molar-refractivity contribution in [3.05, 3.63) is 29.1 Å². The normalized spacial score (nSPS) is 11.0. The molecule has 1 aromatic heterocycles. The Bertz CT molecular complexity index is 314. The lowest BCUT2D eigenvalue weighted by Crippen LogP contribution is -2.16. The summed E-state index contributed by atoms with van der Waals surface area (Å²) in [5.74, 6) is -0.317. The summed E-state index contributed by atoms with van der Waals surface area (Å²) in [5.41, 5.74) is 13.3. The van der Waals surface area contributed by atoms with E-state index in [-0.39, 0.29) is 25.7 Å². The second kappa shape index (κ2) is 5.77. The van der Waals surface area contributed by atoms with Crippen LogP contribution in [0, 0.1) is 0 Å². The highest BCUT2D eigenvalue weighted by Gasteiger charge is 2.14. The topological polar surface area (TPSA) is 105 Å². The summed E-state index contributed by atoms with van der Waals surface area (Å²) in [6.07, 6.45) is 0. The van der Waals surface area contributed by atoms with Crippen LogP contribution in [-0.4, -0.2) is 28.4 Å². The van der Waals surface area contributed by atoms with Crippen LogP contribution in [0.5, 0.6) is 0 Å². The van der Waals surface area contributed by atoms with Gasteiger partial charge in [-0.3, -0.25) is 4.98 Å². The van der Waals surface area contributed by atoms with Gasteiger partial charge in [-0.2, -0.15) is 0 Å². The first-order valence-electron chi connectivity index (χ1n) is 4.87. The van der Waals surface area contributed by atoms with Crippen molar-refractivity contribution in [1.82, 2.24) is 4.98 Å². The van der Waals surface area contributed by atoms with Crippen molar-refractivity contribution >= 4 is 0 Å². The van der Waals surface area contributed by atoms with Crippen LogP contribution in [0.4, 0.5) is 0 Å². The van der Waals surface area contributed by atoms with Crippen LogP contribution in [0.15, 0.2) is 12.1 Å². The molecule has 0 spiro atoms. The van der Waals surface area contributed by atoms with Gasteiger partial charge in [0.2, 0.25) is 0 Å². The summed E-state index contributed by atoms with van der Waals surface area (Å²) in [7, 11) is 0. The van der Waals surface area contributed by atoms with Crippen LogP contribution in [-0.2, 0) is 13.1 Å². The lowest BCUT2D eigenvalue weighted by Gasteiger charge is -2.15. The molecule has 0 radical (unpaired) electrons. The Balaban J connectivity index is 3.06. The van der Waals surface area contributed by atoms with Gasteiger partial charge in [-0.1, -0.05) is 6.07 Å². The second-order valence-electron chi connectivity index (χ2n) is 3.31. The molecule has 0 bridgehead atoms. The number of aromatic nitrogens is 1. The molecule has 1 heterocycles. The van der Waals surface area contributed by atoms with E-state index < -0.39 is 0 Å². The highest BCUT2D eigenvalue weighted by molar-refractivity contribution is 5.27. The molecule has 0 saturated heterocycles. The van der Waals surface area contributed by atoms with Crippen molar-refractivity contribution in [3.63, 3.8) is 0 Å². The molecule has 0 fully saturated rings. The average molecular weight is 211 g/mol. The maximum Gasteiger partial charge on any atom is 0.0579 e. The molecule has 0 atom stereocenters. The summed E-state index contributed by atoms with van der Waals surface area (Å²) in [6, 6.07) is 3.60. The molecule has 84 valence electrons. The van der Waals surface area contributed by atoms with Gasteiger partial charge < -0.3 is 21.7 Å². The van der Waals surface area contributed by atoms with Gasteiger partial charge in [-0.25, -0.2) is 0 Å². The molecular formula is C10H17N3O2. The Labute approximate surface area is 88.7 Å². The third kappa shape index (κ3) is 2.73. The third-order valence-electron chi connectivity index (χ3n) is 2.35. The van der Waals surface area contributed by atoms with Gasteiger partial charge in [0.15, 0.2) is 0 Å². The minimum atomic E-state index is -0.317. The van der Waals surface area contributed by atoms with Crippen LogP contribution in [0.3, 0.4) is 0 Å². The number of aliphatic hydroxyl groups is 2. The van der Waals surface area contributed by atoms with Crippen LogP contribution >= 0.6 is 0 Å². The first-order valence-corrected chi connectivity index (χ1v) is 4.87. The van der Waals surface area contributed by atoms with Gasteiger partial charge in [-0.05, 0) is 11.6 Å². The van der Waals surface area contributed by atoms with Crippen molar-refractivity contribution in [2.24, 2.45) is 11.5 Å². The second-order valence-corrected chi connectivity index (χ2v) is 3.31. The Morgan fingerprint density at radius 1 is 1.13 bits per heavy atom. The Kier molecular flexibility index (Phi) is 4.64. The first kappa shape index (κ1) is 12.1. The molecule has 0 unspecified atom stereocenters. The largest absolute Gasteiger partial charge is 0.396 e. The van der Waals surface area contributed by atoms with E-state index in [4.69, 9.17) is 21.7 Å². The van der Waals surface area contributed by atoms with Crippen LogP contribution in [0.1, 0.15) is 22.9 Å². The average Bonchev–Trinajstić information content (AvgIpc) is 2.31. The predicted molar refractivity (Wildman–Crippen MR) is 56.9 cm³/mol. The van der Waals surface area contributed by atoms with Crippen molar-refractivity contribution < 1.29 is 10.2 Å². The molecular weight excluding hydrogens is 194 g/mol. The number of pyridine rings is 1. The maximum absolute atomic E-state index is 9.07. The number of rotatable bonds is 5. The van der Waals surface area contributed by atoms with Crippen molar-refractivity contribution in [2.45, 2.75) is 19.0 Å². The number of nitrogens with two attached hydrogens (primary N) is 2. The zero-order valence-electron chi connectivity index (χ0n) is 8.56. The van der Waals surface area contributed by atoms with Gasteiger partial charge in [0.1, 0.15) is 0 Å². The minimum Gasteiger partial charge on any atom is -0.396 e. The van der Waals surface area contributed by atoms with Gasteiger partial charge in [-0.15, -0.1) is 0 Å². The molecule has 15 heavy (non-hydrogen) atoms. The van der Waals surface area contributed by atoms with E-state index in [1.54, 1.807) is 6.07 Å². The first-order chi connectivity index (χ1) is 7.26. The number of nitrogens with zero attached hydrogens (tertiary/aromatic N) is 1. The predicted octanol–water partition coefficient (Wildman–Crippen LogP) is -0.933. The van der Waals surface area contributed by atoms with Crippen LogP contribution < -0.4 is 11.5 Å². The van der Waals surface area contributed by atoms with Crippen molar-refractivity contribution in [1.29, 1.82) is 0 Å². The van der Waals surface area contributed by atoms with E-state index in [1.165, 1.54) is 0 Å². The molecule has 6 N–H and O–H groups in total. The fourth-order valence-electron chi connectivity index (χ4n) is 1.46. The molecule has 0 aliphatic heterocycles. The Morgan fingerprint density at radius 3 is 2.27 bits per heavy atom. The van der Waals surface area contributed by atoms with Gasteiger partial charge in [0.05, 0.1) is 24.6 Å². The standard InChI is InChI=1S/C10H17N3O2/c11-3-8-1-2-9(7(5-14)6-15)10(4-12)13-8/h1-2,7,14-15H,3-6,11-12H2. The molecule has 0 aromatic carbocycles. The molecule has 1 aromatic rings. The van der Waals surface area contributed by atoms with Crippen molar-refractivity contribution in [2.75, 3.05) is 13.2 Å². The zero-order chi connectivity index (χ0) is 11.3. The van der Waals surface area contributed by atoms with E-state index in [1.807, 2.05) is 6.07 Å². The van der Waals surface area contributed by atoms with E-state index in [9.17, 15) is 0 Å². The van der Waals surface area contributed by atoms with Crippen molar-refractivity contribution in [3.8, 4) is 0 Å². The fraction of sp³-hybridized carbons (Fsp3) is 0.500. The minimum absolute atomic E-state index is 0.118. The molecule has 0 aliphatic carbocycles. The van der Waals surface area contributed by atoms with E-state index >= 15 is 0 Å².